The Balaban J connectivity index is 2.31. The first-order chi connectivity index (χ1) is 8.60. The number of rotatable bonds is 3. The van der Waals surface area contributed by atoms with E-state index in [1.165, 1.54) is 11.1 Å². The van der Waals surface area contributed by atoms with Gasteiger partial charge in [-0.25, -0.2) is 0 Å². The largest absolute Gasteiger partial charge is 0.497 e. The van der Waals surface area contributed by atoms with E-state index < -0.39 is 0 Å². The van der Waals surface area contributed by atoms with E-state index >= 15 is 0 Å². The fourth-order valence-electron chi connectivity index (χ4n) is 1.80. The Morgan fingerprint density at radius 1 is 1.00 bits per heavy atom. The van der Waals surface area contributed by atoms with Crippen molar-refractivity contribution in [3.8, 4) is 5.75 Å². The quantitative estimate of drug-likeness (QED) is 0.808. The number of anilines is 3. The first-order valence-electron chi connectivity index (χ1n) is 5.88. The molecule has 0 bridgehead atoms. The van der Waals surface area contributed by atoms with Crippen LogP contribution in [-0.4, -0.2) is 7.11 Å². The average Bonchev–Trinajstić information content (AvgIpc) is 2.36. The van der Waals surface area contributed by atoms with Crippen molar-refractivity contribution >= 4 is 17.1 Å². The van der Waals surface area contributed by atoms with Crippen LogP contribution in [0.3, 0.4) is 0 Å². The maximum Gasteiger partial charge on any atom is 0.121 e. The number of benzene rings is 2. The molecule has 0 heterocycles. The van der Waals surface area contributed by atoms with E-state index in [1.54, 1.807) is 7.11 Å². The molecule has 3 N–H and O–H groups in total. The minimum absolute atomic E-state index is 0.676. The molecule has 0 aromatic heterocycles. The van der Waals surface area contributed by atoms with Crippen molar-refractivity contribution < 1.29 is 4.74 Å². The molecule has 2 aromatic carbocycles. The molecule has 0 spiro atoms. The Kier molecular flexibility index (Phi) is 3.42. The fraction of sp³-hybridized carbons (Fsp3) is 0.200. The van der Waals surface area contributed by atoms with Crippen LogP contribution in [0, 0.1) is 13.8 Å². The molecule has 0 atom stereocenters. The molecule has 94 valence electrons. The molecule has 0 saturated heterocycles. The highest BCUT2D eigenvalue weighted by Gasteiger charge is 2.04. The maximum atomic E-state index is 5.99. The van der Waals surface area contributed by atoms with Crippen molar-refractivity contribution in [1.29, 1.82) is 0 Å². The summed E-state index contributed by atoms with van der Waals surface area (Å²) < 4.78 is 5.14. The highest BCUT2D eigenvalue weighted by atomic mass is 16.5. The van der Waals surface area contributed by atoms with E-state index in [-0.39, 0.29) is 0 Å². The Labute approximate surface area is 108 Å². The molecular formula is C15H18N2O. The average molecular weight is 242 g/mol. The summed E-state index contributed by atoms with van der Waals surface area (Å²) in [5, 5.41) is 3.35. The van der Waals surface area contributed by atoms with Crippen molar-refractivity contribution in [2.24, 2.45) is 0 Å². The third kappa shape index (κ3) is 2.56. The van der Waals surface area contributed by atoms with Crippen molar-refractivity contribution in [2.75, 3.05) is 18.2 Å². The number of methoxy groups -OCH3 is 1. The van der Waals surface area contributed by atoms with Gasteiger partial charge in [-0.3, -0.25) is 0 Å². The number of aryl methyl sites for hydroxylation is 2. The van der Waals surface area contributed by atoms with Crippen LogP contribution in [0.15, 0.2) is 36.4 Å². The fourth-order valence-corrected chi connectivity index (χ4v) is 1.80. The molecular weight excluding hydrogens is 224 g/mol. The third-order valence-electron chi connectivity index (χ3n) is 2.92. The standard InChI is InChI=1S/C15H18N2O/c1-10-4-5-11(2)15(8-10)17-14-7-6-12(18-3)9-13(14)16/h4-9,17H,16H2,1-3H3. The molecule has 3 nitrogen and oxygen atoms in total. The van der Waals surface area contributed by atoms with E-state index in [0.29, 0.717) is 5.69 Å². The summed E-state index contributed by atoms with van der Waals surface area (Å²) in [6.45, 7) is 4.14. The maximum absolute atomic E-state index is 5.99. The number of nitrogen functional groups attached to an aromatic ring is 1. The molecule has 0 aliphatic carbocycles. The zero-order chi connectivity index (χ0) is 13.1. The smallest absolute Gasteiger partial charge is 0.121 e. The van der Waals surface area contributed by atoms with Gasteiger partial charge in [-0.05, 0) is 43.2 Å². The van der Waals surface area contributed by atoms with E-state index in [9.17, 15) is 0 Å². The first kappa shape index (κ1) is 12.3. The number of hydrogen-bond donors (Lipinski definition) is 2. The summed E-state index contributed by atoms with van der Waals surface area (Å²) in [7, 11) is 1.63. The van der Waals surface area contributed by atoms with Crippen LogP contribution in [0.2, 0.25) is 0 Å². The minimum Gasteiger partial charge on any atom is -0.497 e. The Bertz CT molecular complexity index is 564. The summed E-state index contributed by atoms with van der Waals surface area (Å²) in [6, 6.07) is 11.9. The van der Waals surface area contributed by atoms with Gasteiger partial charge in [-0.2, -0.15) is 0 Å². The van der Waals surface area contributed by atoms with Crippen LogP contribution in [0.4, 0.5) is 17.1 Å². The predicted molar refractivity (Wildman–Crippen MR) is 76.6 cm³/mol. The van der Waals surface area contributed by atoms with Gasteiger partial charge in [0.2, 0.25) is 0 Å². The lowest BCUT2D eigenvalue weighted by atomic mass is 10.1. The SMILES string of the molecule is COc1ccc(Nc2cc(C)ccc2C)c(N)c1. The highest BCUT2D eigenvalue weighted by molar-refractivity contribution is 5.75. The first-order valence-corrected chi connectivity index (χ1v) is 5.88. The Morgan fingerprint density at radius 3 is 2.44 bits per heavy atom. The van der Waals surface area contributed by atoms with Gasteiger partial charge >= 0.3 is 0 Å². The van der Waals surface area contributed by atoms with Gasteiger partial charge in [0.25, 0.3) is 0 Å². The topological polar surface area (TPSA) is 47.3 Å². The van der Waals surface area contributed by atoms with Crippen LogP contribution in [0.1, 0.15) is 11.1 Å². The molecule has 0 fully saturated rings. The summed E-state index contributed by atoms with van der Waals surface area (Å²) in [5.41, 5.74) is 11.0. The summed E-state index contributed by atoms with van der Waals surface area (Å²) >= 11 is 0. The molecule has 3 heteroatoms. The predicted octanol–water partition coefficient (Wildman–Crippen LogP) is 3.64. The molecule has 18 heavy (non-hydrogen) atoms. The van der Waals surface area contributed by atoms with Crippen LogP contribution in [0.5, 0.6) is 5.75 Å². The van der Waals surface area contributed by atoms with E-state index in [4.69, 9.17) is 10.5 Å². The summed E-state index contributed by atoms with van der Waals surface area (Å²) in [4.78, 5) is 0. The lowest BCUT2D eigenvalue weighted by Crippen LogP contribution is -1.98. The Morgan fingerprint density at radius 2 is 1.78 bits per heavy atom. The van der Waals surface area contributed by atoms with Crippen LogP contribution >= 0.6 is 0 Å². The second-order valence-electron chi connectivity index (χ2n) is 4.40. The van der Waals surface area contributed by atoms with Crippen molar-refractivity contribution in [1.82, 2.24) is 0 Å². The van der Waals surface area contributed by atoms with Crippen LogP contribution in [-0.2, 0) is 0 Å². The molecule has 0 saturated carbocycles. The number of nitrogens with one attached hydrogen (secondary N) is 1. The lowest BCUT2D eigenvalue weighted by Gasteiger charge is -2.13. The second kappa shape index (κ2) is 5.00. The molecule has 0 radical (unpaired) electrons. The van der Waals surface area contributed by atoms with Gasteiger partial charge in [0.05, 0.1) is 18.5 Å². The molecule has 0 aliphatic heterocycles. The summed E-state index contributed by atoms with van der Waals surface area (Å²) in [6.07, 6.45) is 0. The lowest BCUT2D eigenvalue weighted by molar-refractivity contribution is 0.415. The van der Waals surface area contributed by atoms with E-state index in [2.05, 4.69) is 37.4 Å². The monoisotopic (exact) mass is 242 g/mol. The molecule has 0 unspecified atom stereocenters. The van der Waals surface area contributed by atoms with Crippen molar-refractivity contribution in [2.45, 2.75) is 13.8 Å². The van der Waals surface area contributed by atoms with Crippen LogP contribution < -0.4 is 15.8 Å². The Hall–Kier alpha value is -2.16. The minimum atomic E-state index is 0.676. The van der Waals surface area contributed by atoms with Gasteiger partial charge in [-0.15, -0.1) is 0 Å². The number of hydrogen-bond acceptors (Lipinski definition) is 3. The van der Waals surface area contributed by atoms with Crippen molar-refractivity contribution in [3.63, 3.8) is 0 Å². The molecule has 2 aromatic rings. The van der Waals surface area contributed by atoms with Gasteiger partial charge in [0.1, 0.15) is 5.75 Å². The van der Waals surface area contributed by atoms with Crippen molar-refractivity contribution in [3.05, 3.63) is 47.5 Å². The number of nitrogens with two attached hydrogens (primary N) is 1. The molecule has 0 amide bonds. The summed E-state index contributed by atoms with van der Waals surface area (Å²) in [5.74, 6) is 0.763. The van der Waals surface area contributed by atoms with Gasteiger partial charge in [-0.1, -0.05) is 12.1 Å². The molecule has 0 aliphatic rings. The van der Waals surface area contributed by atoms with Crippen LogP contribution in [0.25, 0.3) is 0 Å². The van der Waals surface area contributed by atoms with E-state index in [1.807, 2.05) is 18.2 Å². The normalized spacial score (nSPS) is 10.2. The highest BCUT2D eigenvalue weighted by Crippen LogP contribution is 2.28. The number of ether oxygens (including phenoxy) is 1. The van der Waals surface area contributed by atoms with Gasteiger partial charge < -0.3 is 15.8 Å². The second-order valence-corrected chi connectivity index (χ2v) is 4.40. The molecule has 2 rings (SSSR count). The van der Waals surface area contributed by atoms with E-state index in [0.717, 1.165) is 17.1 Å². The zero-order valence-electron chi connectivity index (χ0n) is 10.9. The zero-order valence-corrected chi connectivity index (χ0v) is 10.9. The van der Waals surface area contributed by atoms with Gasteiger partial charge in [0, 0.05) is 11.8 Å². The third-order valence-corrected chi connectivity index (χ3v) is 2.92. The van der Waals surface area contributed by atoms with Gasteiger partial charge in [0.15, 0.2) is 0 Å².